The van der Waals surface area contributed by atoms with Crippen molar-refractivity contribution in [2.75, 3.05) is 44.3 Å². The molecule has 0 radical (unpaired) electrons. The second kappa shape index (κ2) is 13.4. The second-order valence-electron chi connectivity index (χ2n) is 16.0. The number of ether oxygens (including phenoxy) is 2. The minimum absolute atomic E-state index is 0.0344. The van der Waals surface area contributed by atoms with E-state index in [9.17, 15) is 27.9 Å². The van der Waals surface area contributed by atoms with Crippen molar-refractivity contribution in [2.45, 2.75) is 94.9 Å². The van der Waals surface area contributed by atoms with E-state index in [0.29, 0.717) is 82.6 Å². The van der Waals surface area contributed by atoms with Crippen molar-refractivity contribution in [3.63, 3.8) is 0 Å². The predicted octanol–water partition coefficient (Wildman–Crippen LogP) is 6.45. The molecule has 2 bridgehead atoms. The van der Waals surface area contributed by atoms with Crippen molar-refractivity contribution in [1.29, 1.82) is 0 Å². The van der Waals surface area contributed by atoms with Crippen LogP contribution in [0.4, 0.5) is 33.6 Å². The molecule has 15 heteroatoms. The summed E-state index contributed by atoms with van der Waals surface area (Å²) in [6.07, 6.45) is 0.934. The zero-order valence-corrected chi connectivity index (χ0v) is 29.6. The SMILES string of the molecule is CC1CC2CC(C)C(NC(=O)c3cnc(N4CC5(CCOCC5)c5cc(O[C@@H]6CCN(CC(F)(F)F)C6)ccc54)nc3C(C)(F)F)(C(=O)O)C(C1)C2. The molecule has 2 aromatic rings. The van der Waals surface area contributed by atoms with Crippen LogP contribution in [0.15, 0.2) is 24.4 Å². The molecule has 6 atom stereocenters. The fourth-order valence-electron chi connectivity index (χ4n) is 9.89. The van der Waals surface area contributed by atoms with E-state index in [1.807, 2.05) is 13.0 Å². The van der Waals surface area contributed by atoms with E-state index in [2.05, 4.69) is 22.2 Å². The zero-order valence-electron chi connectivity index (χ0n) is 29.6. The van der Waals surface area contributed by atoms with Gasteiger partial charge in [-0.2, -0.15) is 22.0 Å². The Bertz CT molecular complexity index is 1690. The number of aromatic nitrogens is 2. The summed E-state index contributed by atoms with van der Waals surface area (Å²) in [5.41, 5.74) is -1.80. The lowest BCUT2D eigenvalue weighted by Gasteiger charge is -2.52. The number of fused-ring (bicyclic) bond motifs is 4. The average Bonchev–Trinajstić information content (AvgIpc) is 3.62. The number of carbonyl (C=O) groups excluding carboxylic acids is 1. The Morgan fingerprint density at radius 2 is 1.85 bits per heavy atom. The molecule has 5 unspecified atom stereocenters. The van der Waals surface area contributed by atoms with E-state index in [1.165, 1.54) is 4.90 Å². The lowest BCUT2D eigenvalue weighted by molar-refractivity contribution is -0.155. The van der Waals surface area contributed by atoms with Crippen LogP contribution in [0.5, 0.6) is 5.75 Å². The van der Waals surface area contributed by atoms with Gasteiger partial charge in [0.25, 0.3) is 11.8 Å². The number of hydrogen-bond donors (Lipinski definition) is 2. The molecule has 4 heterocycles. The van der Waals surface area contributed by atoms with Gasteiger partial charge in [-0.3, -0.25) is 9.69 Å². The maximum absolute atomic E-state index is 15.4. The van der Waals surface area contributed by atoms with Crippen molar-refractivity contribution in [3.05, 3.63) is 41.2 Å². The summed E-state index contributed by atoms with van der Waals surface area (Å²) in [5.74, 6) is -5.32. The molecule has 2 aliphatic carbocycles. The number of alkyl halides is 5. The first-order valence-corrected chi connectivity index (χ1v) is 18.2. The summed E-state index contributed by atoms with van der Waals surface area (Å²) in [4.78, 5) is 38.7. The van der Waals surface area contributed by atoms with Gasteiger partial charge in [0.2, 0.25) is 5.95 Å². The van der Waals surface area contributed by atoms with E-state index in [4.69, 9.17) is 9.47 Å². The van der Waals surface area contributed by atoms with Crippen LogP contribution in [0.25, 0.3) is 0 Å². The van der Waals surface area contributed by atoms with E-state index in [0.717, 1.165) is 18.2 Å². The second-order valence-corrected chi connectivity index (χ2v) is 16.0. The van der Waals surface area contributed by atoms with Gasteiger partial charge in [-0.15, -0.1) is 0 Å². The Morgan fingerprint density at radius 3 is 2.54 bits per heavy atom. The number of carboxylic acids is 1. The molecule has 1 amide bonds. The summed E-state index contributed by atoms with van der Waals surface area (Å²) in [6.45, 7) is 5.25. The summed E-state index contributed by atoms with van der Waals surface area (Å²) >= 11 is 0. The zero-order chi connectivity index (χ0) is 37.2. The molecular weight excluding hydrogens is 689 g/mol. The minimum Gasteiger partial charge on any atom is -0.489 e. The molecule has 10 nitrogen and oxygen atoms in total. The van der Waals surface area contributed by atoms with Gasteiger partial charge in [-0.25, -0.2) is 14.8 Å². The molecule has 1 aromatic carbocycles. The summed E-state index contributed by atoms with van der Waals surface area (Å²) < 4.78 is 81.5. The summed E-state index contributed by atoms with van der Waals surface area (Å²) in [5, 5.41) is 13.3. The lowest BCUT2D eigenvalue weighted by atomic mass is 9.56. The van der Waals surface area contributed by atoms with E-state index in [-0.39, 0.29) is 30.9 Å². The number of carbonyl (C=O) groups is 2. The maximum atomic E-state index is 15.4. The number of anilines is 2. The Labute approximate surface area is 299 Å². The molecule has 52 heavy (non-hydrogen) atoms. The number of benzene rings is 1. The lowest BCUT2D eigenvalue weighted by Crippen LogP contribution is -2.66. The number of halogens is 5. The largest absolute Gasteiger partial charge is 0.489 e. The number of nitrogens with zero attached hydrogens (tertiary/aromatic N) is 4. The van der Waals surface area contributed by atoms with Crippen molar-refractivity contribution >= 4 is 23.5 Å². The Morgan fingerprint density at radius 1 is 1.10 bits per heavy atom. The van der Waals surface area contributed by atoms with Crippen LogP contribution in [0.2, 0.25) is 0 Å². The smallest absolute Gasteiger partial charge is 0.401 e. The number of likely N-dealkylation sites (tertiary alicyclic amines) is 1. The summed E-state index contributed by atoms with van der Waals surface area (Å²) in [6, 6.07) is 5.36. The topological polar surface area (TPSA) is 117 Å². The highest BCUT2D eigenvalue weighted by atomic mass is 19.4. The fourth-order valence-corrected chi connectivity index (χ4v) is 9.89. The van der Waals surface area contributed by atoms with Crippen LogP contribution >= 0.6 is 0 Å². The molecule has 284 valence electrons. The fraction of sp³-hybridized carbons (Fsp3) is 0.676. The first-order chi connectivity index (χ1) is 24.5. The molecule has 4 fully saturated rings. The van der Waals surface area contributed by atoms with Gasteiger partial charge in [-0.05, 0) is 92.4 Å². The number of carboxylic acid groups (broad SMARTS) is 1. The highest BCUT2D eigenvalue weighted by Crippen LogP contribution is 2.52. The third-order valence-corrected chi connectivity index (χ3v) is 12.2. The molecule has 3 aliphatic heterocycles. The van der Waals surface area contributed by atoms with Crippen molar-refractivity contribution in [3.8, 4) is 5.75 Å². The van der Waals surface area contributed by atoms with E-state index in [1.54, 1.807) is 17.0 Å². The van der Waals surface area contributed by atoms with Crippen LogP contribution < -0.4 is 15.0 Å². The Balaban J connectivity index is 1.18. The molecule has 5 aliphatic rings. The van der Waals surface area contributed by atoms with Crippen molar-refractivity contribution in [2.24, 2.45) is 23.7 Å². The van der Waals surface area contributed by atoms with Crippen LogP contribution in [-0.4, -0.2) is 89.1 Å². The number of rotatable bonds is 8. The third kappa shape index (κ3) is 6.83. The number of hydrogen-bond acceptors (Lipinski definition) is 8. The first-order valence-electron chi connectivity index (χ1n) is 18.2. The van der Waals surface area contributed by atoms with Gasteiger partial charge in [0.1, 0.15) is 23.1 Å². The Hall–Kier alpha value is -3.59. The number of amides is 1. The van der Waals surface area contributed by atoms with Crippen LogP contribution in [0, 0.1) is 23.7 Å². The van der Waals surface area contributed by atoms with E-state index < -0.39 is 64.8 Å². The van der Waals surface area contributed by atoms with Gasteiger partial charge < -0.3 is 24.8 Å². The monoisotopic (exact) mass is 735 g/mol. The first kappa shape index (κ1) is 36.8. The Kier molecular flexibility index (Phi) is 9.45. The summed E-state index contributed by atoms with van der Waals surface area (Å²) in [7, 11) is 0. The van der Waals surface area contributed by atoms with Gasteiger partial charge in [0.15, 0.2) is 0 Å². The minimum atomic E-state index is -4.29. The molecule has 1 spiro atoms. The van der Waals surface area contributed by atoms with Crippen molar-refractivity contribution in [1.82, 2.24) is 20.2 Å². The van der Waals surface area contributed by atoms with Crippen molar-refractivity contribution < 1.29 is 46.1 Å². The van der Waals surface area contributed by atoms with Gasteiger partial charge in [0.05, 0.1) is 12.1 Å². The molecule has 2 N–H and O–H groups in total. The van der Waals surface area contributed by atoms with Gasteiger partial charge in [0, 0.05) is 57.1 Å². The molecule has 7 rings (SSSR count). The number of aliphatic carboxylic acids is 1. The highest BCUT2D eigenvalue weighted by Gasteiger charge is 2.57. The van der Waals surface area contributed by atoms with Crippen LogP contribution in [0.3, 0.4) is 0 Å². The van der Waals surface area contributed by atoms with Crippen LogP contribution in [0.1, 0.15) is 87.3 Å². The average molecular weight is 736 g/mol. The maximum Gasteiger partial charge on any atom is 0.401 e. The number of nitrogens with one attached hydrogen (secondary N) is 1. The van der Waals surface area contributed by atoms with Gasteiger partial charge >= 0.3 is 12.1 Å². The quantitative estimate of drug-likeness (QED) is 0.295. The highest BCUT2D eigenvalue weighted by molar-refractivity contribution is 5.99. The standard InChI is InChI=1S/C37H46F5N5O5/c1-21-12-23-14-22(2)37(32(49)50,24(13-21)15-23)45-31(48)27-17-43-33(44-30(27)34(3,38)39)47-19-35(7-10-51-11-8-35)28-16-25(4-5-29(28)47)52-26-6-9-46(18-26)20-36(40,41)42/h4-5,16-17,21-24,26H,6-15,18-20H2,1-3H3,(H,45,48)(H,49,50)/t21?,22?,23?,24?,26-,37?/m1/s1. The normalized spacial score (nSPS) is 30.3. The third-order valence-electron chi connectivity index (χ3n) is 12.2. The molecule has 2 saturated carbocycles. The molecular formula is C37H46F5N5O5. The predicted molar refractivity (Wildman–Crippen MR) is 180 cm³/mol. The molecule has 1 aromatic heterocycles. The van der Waals surface area contributed by atoms with Crippen LogP contribution in [-0.2, 0) is 20.9 Å². The molecule has 2 saturated heterocycles. The van der Waals surface area contributed by atoms with Gasteiger partial charge in [-0.1, -0.05) is 13.8 Å². The van der Waals surface area contributed by atoms with E-state index >= 15 is 8.78 Å².